The lowest BCUT2D eigenvalue weighted by molar-refractivity contribution is -0.122. The molecule has 0 saturated carbocycles. The molecule has 1 amide bonds. The predicted octanol–water partition coefficient (Wildman–Crippen LogP) is 1.36. The molecule has 0 aliphatic carbocycles. The van der Waals surface area contributed by atoms with Gasteiger partial charge < -0.3 is 15.1 Å². The Morgan fingerprint density at radius 2 is 2.05 bits per heavy atom. The number of benzene rings is 1. The zero-order valence-corrected chi connectivity index (χ0v) is 12.6. The standard InChI is InChI=1S/C8H11N3O3.C8H10/c12-8(11-3-4-11)7-2-1-6(5-9-7)14-10-13;1-2-8-6-4-3-5-7-8/h1-2,9-10,13H,3-5H2;3-7H,2H2,1H3. The van der Waals surface area contributed by atoms with Crippen LogP contribution in [-0.2, 0) is 16.1 Å². The third kappa shape index (κ3) is 4.91. The van der Waals surface area contributed by atoms with E-state index in [2.05, 4.69) is 41.3 Å². The summed E-state index contributed by atoms with van der Waals surface area (Å²) in [6.45, 7) is 4.22. The molecule has 0 bridgehead atoms. The summed E-state index contributed by atoms with van der Waals surface area (Å²) in [7, 11) is 0. The highest BCUT2D eigenvalue weighted by molar-refractivity contribution is 5.94. The fourth-order valence-corrected chi connectivity index (χ4v) is 1.89. The van der Waals surface area contributed by atoms with Crippen LogP contribution < -0.4 is 11.0 Å². The highest BCUT2D eigenvalue weighted by atomic mass is 16.8. The van der Waals surface area contributed by atoms with Crippen LogP contribution >= 0.6 is 0 Å². The van der Waals surface area contributed by atoms with E-state index in [1.807, 2.05) is 6.07 Å². The lowest BCUT2D eigenvalue weighted by Gasteiger charge is -2.15. The van der Waals surface area contributed by atoms with Gasteiger partial charge in [-0.25, -0.2) is 0 Å². The number of amides is 1. The summed E-state index contributed by atoms with van der Waals surface area (Å²) < 4.78 is 0. The average Bonchev–Trinajstić information content (AvgIpc) is 3.42. The Hall–Kier alpha value is -2.31. The van der Waals surface area contributed by atoms with E-state index in [9.17, 15) is 4.79 Å². The van der Waals surface area contributed by atoms with E-state index in [1.54, 1.807) is 22.7 Å². The molecular weight excluding hydrogens is 282 g/mol. The van der Waals surface area contributed by atoms with Crippen LogP contribution in [0.15, 0.2) is 53.9 Å². The molecule has 6 nitrogen and oxygen atoms in total. The van der Waals surface area contributed by atoms with Gasteiger partial charge >= 0.3 is 0 Å². The molecule has 3 N–H and O–H groups in total. The van der Waals surface area contributed by atoms with E-state index < -0.39 is 0 Å². The van der Waals surface area contributed by atoms with Gasteiger partial charge in [-0.3, -0.25) is 10.0 Å². The summed E-state index contributed by atoms with van der Waals surface area (Å²) in [6, 6.07) is 10.5. The molecule has 6 heteroatoms. The van der Waals surface area contributed by atoms with Gasteiger partial charge in [0.05, 0.1) is 6.54 Å². The maximum Gasteiger partial charge on any atom is 0.270 e. The van der Waals surface area contributed by atoms with Crippen molar-refractivity contribution < 1.29 is 14.8 Å². The van der Waals surface area contributed by atoms with Gasteiger partial charge in [-0.05, 0) is 29.8 Å². The molecule has 0 unspecified atom stereocenters. The van der Waals surface area contributed by atoms with Gasteiger partial charge in [0, 0.05) is 13.1 Å². The van der Waals surface area contributed by atoms with Crippen molar-refractivity contribution in [3.63, 3.8) is 0 Å². The van der Waals surface area contributed by atoms with Crippen molar-refractivity contribution >= 4 is 5.91 Å². The van der Waals surface area contributed by atoms with E-state index in [4.69, 9.17) is 5.21 Å². The minimum atomic E-state index is 0.0113. The summed E-state index contributed by atoms with van der Waals surface area (Å²) in [5.74, 6) is 0.534. The molecule has 2 heterocycles. The molecule has 3 rings (SSSR count). The summed E-state index contributed by atoms with van der Waals surface area (Å²) in [6.07, 6.45) is 4.41. The van der Waals surface area contributed by atoms with Crippen LogP contribution in [-0.4, -0.2) is 35.6 Å². The minimum Gasteiger partial charge on any atom is -0.386 e. The van der Waals surface area contributed by atoms with Crippen LogP contribution in [0.25, 0.3) is 0 Å². The number of carbonyl (C=O) groups excluding carboxylic acids is 1. The van der Waals surface area contributed by atoms with Crippen molar-refractivity contribution in [1.29, 1.82) is 0 Å². The van der Waals surface area contributed by atoms with Gasteiger partial charge in [0.1, 0.15) is 11.5 Å². The number of hydrogen-bond acceptors (Lipinski definition) is 5. The molecular formula is C16H21N3O3. The number of allylic oxidation sites excluding steroid dienone is 2. The average molecular weight is 303 g/mol. The molecule has 2 aliphatic rings. The highest BCUT2D eigenvalue weighted by Gasteiger charge is 2.27. The lowest BCUT2D eigenvalue weighted by Crippen LogP contribution is -2.30. The Kier molecular flexibility index (Phi) is 6.00. The highest BCUT2D eigenvalue weighted by Crippen LogP contribution is 2.12. The smallest absolute Gasteiger partial charge is 0.270 e. The van der Waals surface area contributed by atoms with Crippen molar-refractivity contribution in [1.82, 2.24) is 15.9 Å². The molecule has 0 radical (unpaired) electrons. The van der Waals surface area contributed by atoms with Crippen LogP contribution in [0.3, 0.4) is 0 Å². The third-order valence-corrected chi connectivity index (χ3v) is 3.28. The first-order valence-corrected chi connectivity index (χ1v) is 7.28. The Labute approximate surface area is 130 Å². The number of rotatable bonds is 4. The topological polar surface area (TPSA) is 73.6 Å². The third-order valence-electron chi connectivity index (χ3n) is 3.28. The van der Waals surface area contributed by atoms with Gasteiger partial charge in [-0.2, -0.15) is 0 Å². The van der Waals surface area contributed by atoms with Gasteiger partial charge in [0.15, 0.2) is 0 Å². The second-order valence-corrected chi connectivity index (χ2v) is 4.89. The van der Waals surface area contributed by atoms with Gasteiger partial charge in [0.25, 0.3) is 5.91 Å². The van der Waals surface area contributed by atoms with Crippen molar-refractivity contribution in [2.75, 3.05) is 19.6 Å². The lowest BCUT2D eigenvalue weighted by atomic mass is 10.2. The zero-order chi connectivity index (χ0) is 15.8. The van der Waals surface area contributed by atoms with E-state index in [0.717, 1.165) is 19.5 Å². The number of dihydropyridines is 1. The minimum absolute atomic E-state index is 0.0113. The largest absolute Gasteiger partial charge is 0.386 e. The van der Waals surface area contributed by atoms with E-state index in [0.29, 0.717) is 18.0 Å². The van der Waals surface area contributed by atoms with E-state index >= 15 is 0 Å². The SMILES string of the molecule is CCc1ccccc1.O=C(C1=CC=C(ONO)CN1)N1CC1. The first-order valence-electron chi connectivity index (χ1n) is 7.28. The number of nitrogens with one attached hydrogen (secondary N) is 2. The van der Waals surface area contributed by atoms with Gasteiger partial charge in [0.2, 0.25) is 0 Å². The predicted molar refractivity (Wildman–Crippen MR) is 82.6 cm³/mol. The van der Waals surface area contributed by atoms with Crippen molar-refractivity contribution in [2.24, 2.45) is 0 Å². The molecule has 118 valence electrons. The fraction of sp³-hybridized carbons (Fsp3) is 0.312. The van der Waals surface area contributed by atoms with Crippen LogP contribution in [0, 0.1) is 0 Å². The summed E-state index contributed by atoms with van der Waals surface area (Å²) in [5.41, 5.74) is 3.56. The molecule has 1 saturated heterocycles. The molecule has 0 spiro atoms. The first-order chi connectivity index (χ1) is 10.7. The Morgan fingerprint density at radius 3 is 2.50 bits per heavy atom. The molecule has 0 aromatic heterocycles. The van der Waals surface area contributed by atoms with E-state index in [-0.39, 0.29) is 5.91 Å². The number of hydrogen-bond donors (Lipinski definition) is 3. The monoisotopic (exact) mass is 303 g/mol. The Morgan fingerprint density at radius 1 is 1.32 bits per heavy atom. The quantitative estimate of drug-likeness (QED) is 0.578. The molecule has 2 aliphatic heterocycles. The van der Waals surface area contributed by atoms with Crippen LogP contribution in [0.2, 0.25) is 0 Å². The number of nitrogens with zero attached hydrogens (tertiary/aromatic N) is 1. The first kappa shape index (κ1) is 16.1. The normalized spacial score (nSPS) is 15.6. The Bertz CT molecular complexity index is 551. The number of carbonyl (C=O) groups is 1. The molecule has 0 atom stereocenters. The van der Waals surface area contributed by atoms with Crippen molar-refractivity contribution in [2.45, 2.75) is 13.3 Å². The summed E-state index contributed by atoms with van der Waals surface area (Å²) >= 11 is 0. The van der Waals surface area contributed by atoms with Gasteiger partial charge in [-0.1, -0.05) is 37.3 Å². The van der Waals surface area contributed by atoms with Crippen molar-refractivity contribution in [3.05, 3.63) is 59.5 Å². The molecule has 1 aromatic carbocycles. The maximum absolute atomic E-state index is 11.5. The molecule has 1 aromatic rings. The van der Waals surface area contributed by atoms with E-state index in [1.165, 1.54) is 5.56 Å². The second-order valence-electron chi connectivity index (χ2n) is 4.89. The maximum atomic E-state index is 11.5. The summed E-state index contributed by atoms with van der Waals surface area (Å²) in [5, 5.41) is 11.2. The fourth-order valence-electron chi connectivity index (χ4n) is 1.89. The molecule has 1 fully saturated rings. The number of aryl methyl sites for hydroxylation is 1. The zero-order valence-electron chi connectivity index (χ0n) is 12.6. The van der Waals surface area contributed by atoms with Crippen LogP contribution in [0.5, 0.6) is 0 Å². The Balaban J connectivity index is 0.000000188. The van der Waals surface area contributed by atoms with Gasteiger partial charge in [-0.15, -0.1) is 0 Å². The summed E-state index contributed by atoms with van der Waals surface area (Å²) in [4.78, 5) is 17.8. The van der Waals surface area contributed by atoms with Crippen molar-refractivity contribution in [3.8, 4) is 0 Å². The second kappa shape index (κ2) is 8.21. The molecule has 22 heavy (non-hydrogen) atoms. The van der Waals surface area contributed by atoms with Crippen LogP contribution in [0.1, 0.15) is 12.5 Å². The van der Waals surface area contributed by atoms with Crippen LogP contribution in [0.4, 0.5) is 0 Å².